The highest BCUT2D eigenvalue weighted by molar-refractivity contribution is 7.99. The second-order valence-electron chi connectivity index (χ2n) is 6.74. The zero-order valence-corrected chi connectivity index (χ0v) is 18.2. The van der Waals surface area contributed by atoms with Gasteiger partial charge in [-0.15, -0.1) is 28.1 Å². The summed E-state index contributed by atoms with van der Waals surface area (Å²) in [6.07, 6.45) is 1.77. The van der Waals surface area contributed by atoms with E-state index in [-0.39, 0.29) is 17.3 Å². The topological polar surface area (TPSA) is 103 Å². The van der Waals surface area contributed by atoms with Gasteiger partial charge in [0.15, 0.2) is 11.0 Å². The van der Waals surface area contributed by atoms with Crippen molar-refractivity contribution in [3.05, 3.63) is 63.4 Å². The summed E-state index contributed by atoms with van der Waals surface area (Å²) in [6, 6.07) is 7.82. The SMILES string of the molecule is C=CCn1c(SCC(=O)Nc2ccc([N+](=O)[O-])cc2)nnc1-c1csc(C(C)C)c1. The fourth-order valence-corrected chi connectivity index (χ4v) is 4.32. The number of amides is 1. The molecule has 0 atom stereocenters. The number of carbonyl (C=O) groups is 1. The molecule has 0 unspecified atom stereocenters. The standard InChI is InChI=1S/C20H21N5O3S2/c1-4-9-24-19(14-10-17(13(2)3)29-11-14)22-23-20(24)30-12-18(26)21-15-5-7-16(8-6-15)25(27)28/h4-8,10-11,13H,1,9,12H2,2-3H3,(H,21,26). The zero-order valence-electron chi connectivity index (χ0n) is 16.6. The van der Waals surface area contributed by atoms with Crippen molar-refractivity contribution in [2.75, 3.05) is 11.1 Å². The first-order valence-corrected chi connectivity index (χ1v) is 11.1. The van der Waals surface area contributed by atoms with Crippen molar-refractivity contribution in [1.29, 1.82) is 0 Å². The van der Waals surface area contributed by atoms with Gasteiger partial charge in [-0.1, -0.05) is 31.7 Å². The smallest absolute Gasteiger partial charge is 0.269 e. The van der Waals surface area contributed by atoms with Crippen LogP contribution in [0.1, 0.15) is 24.6 Å². The highest BCUT2D eigenvalue weighted by Gasteiger charge is 2.17. The molecule has 0 saturated heterocycles. The van der Waals surface area contributed by atoms with Crippen LogP contribution in [0.4, 0.5) is 11.4 Å². The fraction of sp³-hybridized carbons (Fsp3) is 0.250. The van der Waals surface area contributed by atoms with Crippen LogP contribution in [0.15, 0.2) is 53.5 Å². The predicted octanol–water partition coefficient (Wildman–Crippen LogP) is 4.96. The Morgan fingerprint density at radius 3 is 2.70 bits per heavy atom. The van der Waals surface area contributed by atoms with E-state index in [1.54, 1.807) is 17.4 Å². The number of nitro groups is 1. The first kappa shape index (κ1) is 21.7. The summed E-state index contributed by atoms with van der Waals surface area (Å²) in [5, 5.41) is 24.7. The van der Waals surface area contributed by atoms with Gasteiger partial charge >= 0.3 is 0 Å². The van der Waals surface area contributed by atoms with Crippen LogP contribution in [-0.4, -0.2) is 31.3 Å². The molecule has 0 fully saturated rings. The van der Waals surface area contributed by atoms with E-state index in [9.17, 15) is 14.9 Å². The van der Waals surface area contributed by atoms with Crippen LogP contribution >= 0.6 is 23.1 Å². The number of anilines is 1. The minimum Gasteiger partial charge on any atom is -0.325 e. The predicted molar refractivity (Wildman–Crippen MR) is 120 cm³/mol. The van der Waals surface area contributed by atoms with Crippen LogP contribution in [0.3, 0.4) is 0 Å². The summed E-state index contributed by atoms with van der Waals surface area (Å²) in [5.41, 5.74) is 1.47. The molecule has 2 heterocycles. The highest BCUT2D eigenvalue weighted by atomic mass is 32.2. The third-order valence-corrected chi connectivity index (χ3v) is 6.37. The first-order chi connectivity index (χ1) is 14.4. The molecule has 0 aliphatic rings. The Morgan fingerprint density at radius 1 is 1.37 bits per heavy atom. The van der Waals surface area contributed by atoms with Gasteiger partial charge in [0.25, 0.3) is 5.69 Å². The summed E-state index contributed by atoms with van der Waals surface area (Å²) in [5.74, 6) is 1.08. The Morgan fingerprint density at radius 2 is 2.10 bits per heavy atom. The van der Waals surface area contributed by atoms with Gasteiger partial charge in [-0.25, -0.2) is 0 Å². The number of benzene rings is 1. The van der Waals surface area contributed by atoms with Crippen LogP contribution in [0.5, 0.6) is 0 Å². The van der Waals surface area contributed by atoms with E-state index in [0.717, 1.165) is 11.4 Å². The minimum absolute atomic E-state index is 0.0264. The Kier molecular flexibility index (Phi) is 7.01. The number of hydrogen-bond acceptors (Lipinski definition) is 7. The molecule has 1 N–H and O–H groups in total. The molecule has 2 aromatic heterocycles. The number of aromatic nitrogens is 3. The minimum atomic E-state index is -0.483. The summed E-state index contributed by atoms with van der Waals surface area (Å²) in [7, 11) is 0. The average molecular weight is 444 g/mol. The highest BCUT2D eigenvalue weighted by Crippen LogP contribution is 2.31. The van der Waals surface area contributed by atoms with E-state index in [2.05, 4.69) is 47.4 Å². The monoisotopic (exact) mass is 443 g/mol. The van der Waals surface area contributed by atoms with Gasteiger partial charge in [-0.2, -0.15) is 0 Å². The lowest BCUT2D eigenvalue weighted by Gasteiger charge is -2.07. The third kappa shape index (κ3) is 5.14. The summed E-state index contributed by atoms with van der Waals surface area (Å²) in [6.45, 7) is 8.63. The Hall–Kier alpha value is -2.98. The van der Waals surface area contributed by atoms with E-state index in [4.69, 9.17) is 0 Å². The molecule has 0 saturated carbocycles. The number of allylic oxidation sites excluding steroid dienone is 1. The molecule has 3 aromatic rings. The number of rotatable bonds is 9. The average Bonchev–Trinajstić information content (AvgIpc) is 3.34. The van der Waals surface area contributed by atoms with Crippen LogP contribution in [-0.2, 0) is 11.3 Å². The molecular formula is C20H21N5O3S2. The first-order valence-electron chi connectivity index (χ1n) is 9.19. The van der Waals surface area contributed by atoms with Crippen LogP contribution in [0.25, 0.3) is 11.4 Å². The van der Waals surface area contributed by atoms with E-state index in [0.29, 0.717) is 23.3 Å². The molecule has 156 valence electrons. The van der Waals surface area contributed by atoms with E-state index in [1.807, 2.05) is 4.57 Å². The molecule has 0 spiro atoms. The summed E-state index contributed by atoms with van der Waals surface area (Å²) < 4.78 is 1.93. The molecule has 3 rings (SSSR count). The van der Waals surface area contributed by atoms with E-state index < -0.39 is 4.92 Å². The summed E-state index contributed by atoms with van der Waals surface area (Å²) in [4.78, 5) is 23.8. The van der Waals surface area contributed by atoms with Crippen molar-refractivity contribution in [1.82, 2.24) is 14.8 Å². The van der Waals surface area contributed by atoms with Crippen LogP contribution in [0.2, 0.25) is 0 Å². The molecule has 1 amide bonds. The number of thioether (sulfide) groups is 1. The van der Waals surface area contributed by atoms with Crippen molar-refractivity contribution in [3.63, 3.8) is 0 Å². The van der Waals surface area contributed by atoms with Gasteiger partial charge in [0.05, 0.1) is 10.7 Å². The molecule has 8 nitrogen and oxygen atoms in total. The number of hydrogen-bond donors (Lipinski definition) is 1. The van der Waals surface area contributed by atoms with Crippen LogP contribution < -0.4 is 5.32 Å². The number of carbonyl (C=O) groups excluding carboxylic acids is 1. The number of thiophene rings is 1. The van der Waals surface area contributed by atoms with Crippen LogP contribution in [0, 0.1) is 10.1 Å². The largest absolute Gasteiger partial charge is 0.325 e. The second kappa shape index (κ2) is 9.68. The van der Waals surface area contributed by atoms with Crippen molar-refractivity contribution < 1.29 is 9.72 Å². The third-order valence-electron chi connectivity index (χ3n) is 4.17. The Bertz CT molecular complexity index is 1060. The molecule has 1 aromatic carbocycles. The molecule has 0 radical (unpaired) electrons. The van der Waals surface area contributed by atoms with Gasteiger partial charge in [-0.05, 0) is 24.1 Å². The van der Waals surface area contributed by atoms with Crippen molar-refractivity contribution >= 4 is 40.4 Å². The lowest BCUT2D eigenvalue weighted by Crippen LogP contribution is -2.14. The van der Waals surface area contributed by atoms with Gasteiger partial charge in [0.1, 0.15) is 0 Å². The second-order valence-corrected chi connectivity index (χ2v) is 8.62. The number of nitro benzene ring substituents is 1. The Balaban J connectivity index is 1.68. The van der Waals surface area contributed by atoms with Gasteiger partial charge in [0.2, 0.25) is 5.91 Å². The van der Waals surface area contributed by atoms with Gasteiger partial charge in [0, 0.05) is 40.2 Å². The molecule has 30 heavy (non-hydrogen) atoms. The molecule has 10 heteroatoms. The number of nitrogens with zero attached hydrogens (tertiary/aromatic N) is 4. The molecule has 0 aliphatic carbocycles. The van der Waals surface area contributed by atoms with Crippen molar-refractivity contribution in [2.45, 2.75) is 31.5 Å². The van der Waals surface area contributed by atoms with Gasteiger partial charge in [-0.3, -0.25) is 19.5 Å². The fourth-order valence-electron chi connectivity index (χ4n) is 2.67. The number of non-ortho nitro benzene ring substituents is 1. The lowest BCUT2D eigenvalue weighted by molar-refractivity contribution is -0.384. The number of nitrogens with one attached hydrogen (secondary N) is 1. The quantitative estimate of drug-likeness (QED) is 0.217. The van der Waals surface area contributed by atoms with E-state index in [1.165, 1.54) is 40.9 Å². The lowest BCUT2D eigenvalue weighted by atomic mass is 10.1. The molecular weight excluding hydrogens is 422 g/mol. The maximum absolute atomic E-state index is 12.3. The summed E-state index contributed by atoms with van der Waals surface area (Å²) >= 11 is 2.97. The van der Waals surface area contributed by atoms with Gasteiger partial charge < -0.3 is 5.32 Å². The van der Waals surface area contributed by atoms with Crippen molar-refractivity contribution in [2.24, 2.45) is 0 Å². The van der Waals surface area contributed by atoms with Crippen molar-refractivity contribution in [3.8, 4) is 11.4 Å². The Labute approximate surface area is 182 Å². The molecule has 0 bridgehead atoms. The maximum Gasteiger partial charge on any atom is 0.269 e. The molecule has 0 aliphatic heterocycles. The zero-order chi connectivity index (χ0) is 21.7. The maximum atomic E-state index is 12.3. The van der Waals surface area contributed by atoms with E-state index >= 15 is 0 Å². The normalized spacial score (nSPS) is 10.9.